The van der Waals surface area contributed by atoms with Crippen molar-refractivity contribution in [3.05, 3.63) is 12.2 Å². The van der Waals surface area contributed by atoms with E-state index in [4.69, 9.17) is 0 Å². The first-order valence-electron chi connectivity index (χ1n) is 2.06. The van der Waals surface area contributed by atoms with Gasteiger partial charge in [0.1, 0.15) is 0 Å². The number of allylic oxidation sites excluding steroid dienone is 1. The van der Waals surface area contributed by atoms with Gasteiger partial charge in [-0.15, -0.1) is 6.58 Å². The summed E-state index contributed by atoms with van der Waals surface area (Å²) < 4.78 is 0. The molecule has 0 rings (SSSR count). The largest absolute Gasteiger partial charge is 0.100 e. The molecule has 0 heterocycles. The molecule has 0 saturated heterocycles. The van der Waals surface area contributed by atoms with Gasteiger partial charge in [-0.2, -0.15) is 0 Å². The van der Waals surface area contributed by atoms with Gasteiger partial charge in [-0.05, 0) is 13.0 Å². The van der Waals surface area contributed by atoms with Crippen LogP contribution in [0.15, 0.2) is 12.2 Å². The van der Waals surface area contributed by atoms with Crippen LogP contribution in [0.5, 0.6) is 0 Å². The highest BCUT2D eigenvalue weighted by molar-refractivity contribution is 6.34. The average Bonchev–Trinajstić information content (AvgIpc) is 1.35. The lowest BCUT2D eigenvalue weighted by atomic mass is 10.4. The average molecular weight is 98.2 g/mol. The fourth-order valence-electron chi connectivity index (χ4n) is 0.302. The Hall–Kier alpha value is -0.0431. The van der Waals surface area contributed by atoms with Gasteiger partial charge < -0.3 is 0 Å². The van der Waals surface area contributed by atoms with E-state index < -0.39 is 0 Å². The third-order valence-corrected chi connectivity index (χ3v) is 1.44. The predicted molar refractivity (Wildman–Crippen MR) is 31.2 cm³/mol. The molecule has 0 aromatic carbocycles. The van der Waals surface area contributed by atoms with E-state index in [0.29, 0.717) is 0 Å². The van der Waals surface area contributed by atoms with Gasteiger partial charge in [0.05, 0.1) is 0 Å². The lowest BCUT2D eigenvalue weighted by Gasteiger charge is -1.86. The van der Waals surface area contributed by atoms with Gasteiger partial charge in [-0.3, -0.25) is 0 Å². The first-order chi connectivity index (χ1) is 2.77. The van der Waals surface area contributed by atoms with Crippen LogP contribution in [-0.4, -0.2) is 9.52 Å². The predicted octanol–water partition coefficient (Wildman–Crippen LogP) is 1.73. The van der Waals surface area contributed by atoms with Crippen LogP contribution in [0.3, 0.4) is 0 Å². The zero-order chi connectivity index (χ0) is 4.99. The van der Waals surface area contributed by atoms with E-state index in [1.54, 1.807) is 0 Å². The van der Waals surface area contributed by atoms with Crippen LogP contribution in [0.25, 0.3) is 0 Å². The quantitative estimate of drug-likeness (QED) is 0.364. The van der Waals surface area contributed by atoms with Gasteiger partial charge in [0.15, 0.2) is 0 Å². The van der Waals surface area contributed by atoms with Crippen LogP contribution >= 0.6 is 0 Å². The molecule has 0 amide bonds. The summed E-state index contributed by atoms with van der Waals surface area (Å²) in [7, 11) is 1.04. The third kappa shape index (κ3) is 3.96. The molecule has 0 aromatic heterocycles. The monoisotopic (exact) mass is 98.1 g/mol. The Bertz CT molecular complexity index is 47.9. The molecule has 0 nitrogen and oxygen atoms in total. The molecular weight excluding hydrogens is 88.1 g/mol. The molecule has 0 aliphatic heterocycles. The van der Waals surface area contributed by atoms with Gasteiger partial charge in [0.2, 0.25) is 0 Å². The minimum absolute atomic E-state index is 1.04. The zero-order valence-electron chi connectivity index (χ0n) is 4.41. The summed E-state index contributed by atoms with van der Waals surface area (Å²) in [6, 6.07) is 1.21. The lowest BCUT2D eigenvalue weighted by molar-refractivity contribution is 1.40. The van der Waals surface area contributed by atoms with Gasteiger partial charge in [0, 0.05) is 9.52 Å². The minimum atomic E-state index is 1.04. The summed E-state index contributed by atoms with van der Waals surface area (Å²) in [6.07, 6.45) is 0. The van der Waals surface area contributed by atoms with Crippen molar-refractivity contribution in [2.45, 2.75) is 19.5 Å². The van der Waals surface area contributed by atoms with Crippen molar-refractivity contribution in [1.82, 2.24) is 0 Å². The van der Waals surface area contributed by atoms with Crippen molar-refractivity contribution in [1.29, 1.82) is 0 Å². The topological polar surface area (TPSA) is 0 Å². The molecule has 1 heteroatoms. The molecule has 0 unspecified atom stereocenters. The number of hydrogen-bond acceptors (Lipinski definition) is 0. The highest BCUT2D eigenvalue weighted by atomic mass is 28.2. The first kappa shape index (κ1) is 5.96. The zero-order valence-corrected chi connectivity index (χ0v) is 5.41. The highest BCUT2D eigenvalue weighted by Gasteiger charge is 1.77. The molecule has 2 radical (unpaired) electrons. The van der Waals surface area contributed by atoms with Crippen LogP contribution in [0.1, 0.15) is 6.92 Å². The van der Waals surface area contributed by atoms with Crippen LogP contribution in [0.4, 0.5) is 0 Å². The first-order valence-corrected chi connectivity index (χ1v) is 3.77. The van der Waals surface area contributed by atoms with Crippen molar-refractivity contribution >= 4 is 9.52 Å². The second kappa shape index (κ2) is 3.16. The van der Waals surface area contributed by atoms with Crippen molar-refractivity contribution in [3.63, 3.8) is 0 Å². The van der Waals surface area contributed by atoms with Crippen LogP contribution < -0.4 is 0 Å². The van der Waals surface area contributed by atoms with E-state index in [9.17, 15) is 0 Å². The minimum Gasteiger partial charge on any atom is -0.100 e. The van der Waals surface area contributed by atoms with Crippen molar-refractivity contribution < 1.29 is 0 Å². The molecule has 0 aromatic rings. The summed E-state index contributed by atoms with van der Waals surface area (Å²) in [5, 5.41) is 0. The Morgan fingerprint density at radius 1 is 1.83 bits per heavy atom. The summed E-state index contributed by atoms with van der Waals surface area (Å²) in [4.78, 5) is 0. The van der Waals surface area contributed by atoms with E-state index in [1.807, 2.05) is 0 Å². The molecule has 34 valence electrons. The Kier molecular flexibility index (Phi) is 3.14. The standard InChI is InChI=1S/C5H10Si/c1-5(2)4-6-3/h1,4H2,2-3H3. The molecule has 0 saturated carbocycles. The molecule has 0 aliphatic rings. The molecular formula is C5H10Si. The molecule has 0 fully saturated rings. The Labute approximate surface area is 42.1 Å². The lowest BCUT2D eigenvalue weighted by Crippen LogP contribution is -1.77. The second-order valence-corrected chi connectivity index (χ2v) is 2.55. The summed E-state index contributed by atoms with van der Waals surface area (Å²) in [5.74, 6) is 0. The molecule has 0 N–H and O–H groups in total. The van der Waals surface area contributed by atoms with Crippen LogP contribution in [-0.2, 0) is 0 Å². The van der Waals surface area contributed by atoms with Crippen molar-refractivity contribution in [2.75, 3.05) is 0 Å². The van der Waals surface area contributed by atoms with Crippen LogP contribution in [0, 0.1) is 0 Å². The smallest absolute Gasteiger partial charge is 0.0389 e. The fraction of sp³-hybridized carbons (Fsp3) is 0.600. The summed E-state index contributed by atoms with van der Waals surface area (Å²) >= 11 is 0. The third-order valence-electron chi connectivity index (χ3n) is 0.479. The maximum absolute atomic E-state index is 3.75. The van der Waals surface area contributed by atoms with E-state index >= 15 is 0 Å². The highest BCUT2D eigenvalue weighted by Crippen LogP contribution is 1.91. The van der Waals surface area contributed by atoms with Crippen molar-refractivity contribution in [2.24, 2.45) is 0 Å². The molecule has 0 bridgehead atoms. The SMILES string of the molecule is C=C(C)C[Si]C. The van der Waals surface area contributed by atoms with Gasteiger partial charge in [0.25, 0.3) is 0 Å². The van der Waals surface area contributed by atoms with E-state index in [0.717, 1.165) is 9.52 Å². The summed E-state index contributed by atoms with van der Waals surface area (Å²) in [5.41, 5.74) is 1.30. The Morgan fingerprint density at radius 2 is 2.33 bits per heavy atom. The van der Waals surface area contributed by atoms with E-state index in [1.165, 1.54) is 11.6 Å². The maximum Gasteiger partial charge on any atom is 0.0389 e. The van der Waals surface area contributed by atoms with Gasteiger partial charge in [-0.25, -0.2) is 0 Å². The summed E-state index contributed by atoms with van der Waals surface area (Å²) in [6.45, 7) is 8.01. The second-order valence-electron chi connectivity index (χ2n) is 1.49. The molecule has 0 spiro atoms. The Morgan fingerprint density at radius 3 is 2.33 bits per heavy atom. The van der Waals surface area contributed by atoms with Gasteiger partial charge >= 0.3 is 0 Å². The van der Waals surface area contributed by atoms with E-state index in [-0.39, 0.29) is 0 Å². The van der Waals surface area contributed by atoms with Crippen molar-refractivity contribution in [3.8, 4) is 0 Å². The Balaban J connectivity index is 2.83. The number of rotatable bonds is 2. The molecule has 0 atom stereocenters. The van der Waals surface area contributed by atoms with Crippen LogP contribution in [0.2, 0.25) is 12.6 Å². The van der Waals surface area contributed by atoms with E-state index in [2.05, 4.69) is 20.0 Å². The fourth-order valence-corrected chi connectivity index (χ4v) is 0.905. The van der Waals surface area contributed by atoms with Gasteiger partial charge in [-0.1, -0.05) is 12.1 Å². The normalized spacial score (nSPS) is 8.33. The molecule has 0 aliphatic carbocycles. The maximum atomic E-state index is 3.75. The molecule has 6 heavy (non-hydrogen) atoms. The number of hydrogen-bond donors (Lipinski definition) is 0.